The van der Waals surface area contributed by atoms with Gasteiger partial charge in [-0.2, -0.15) is 0 Å². The Morgan fingerprint density at radius 1 is 1.30 bits per heavy atom. The second-order valence-corrected chi connectivity index (χ2v) is 6.98. The fraction of sp³-hybridized carbons (Fsp3) is 0.353. The van der Waals surface area contributed by atoms with Crippen LogP contribution >= 0.6 is 27.3 Å². The number of hydrogen-bond donors (Lipinski definition) is 3. The second kappa shape index (κ2) is 9.70. The van der Waals surface area contributed by atoms with Crippen LogP contribution in [0.4, 0.5) is 0 Å². The van der Waals surface area contributed by atoms with Gasteiger partial charge >= 0.3 is 0 Å². The molecule has 0 saturated carbocycles. The maximum absolute atomic E-state index is 10.2. The minimum atomic E-state index is -0.458. The first-order valence-electron chi connectivity index (χ1n) is 7.67. The third kappa shape index (κ3) is 6.33. The van der Waals surface area contributed by atoms with E-state index in [4.69, 9.17) is 0 Å². The summed E-state index contributed by atoms with van der Waals surface area (Å²) in [6.07, 6.45) is 0.179. The first-order chi connectivity index (χ1) is 11.2. The molecule has 2 aromatic rings. The van der Waals surface area contributed by atoms with Gasteiger partial charge in [-0.25, -0.2) is 4.99 Å². The second-order valence-electron chi connectivity index (χ2n) is 5.07. The van der Waals surface area contributed by atoms with Crippen LogP contribution < -0.4 is 10.6 Å². The molecule has 0 radical (unpaired) electrons. The monoisotopic (exact) mass is 395 g/mol. The molecule has 6 heteroatoms. The van der Waals surface area contributed by atoms with Gasteiger partial charge in [0.05, 0.1) is 12.6 Å². The number of guanidine groups is 1. The summed E-state index contributed by atoms with van der Waals surface area (Å²) in [6, 6.07) is 11.8. The molecule has 0 saturated heterocycles. The molecule has 0 bridgehead atoms. The lowest BCUT2D eigenvalue weighted by Gasteiger charge is -2.14. The smallest absolute Gasteiger partial charge is 0.191 e. The van der Waals surface area contributed by atoms with E-state index in [9.17, 15) is 5.11 Å². The van der Waals surface area contributed by atoms with E-state index < -0.39 is 6.10 Å². The molecule has 23 heavy (non-hydrogen) atoms. The Hall–Kier alpha value is -1.37. The SMILES string of the molecule is CCNC(=NCc1cc(Br)cs1)NCCC(O)c1ccccc1. The molecule has 0 spiro atoms. The highest BCUT2D eigenvalue weighted by molar-refractivity contribution is 9.10. The summed E-state index contributed by atoms with van der Waals surface area (Å²) in [4.78, 5) is 5.78. The highest BCUT2D eigenvalue weighted by Gasteiger charge is 2.07. The molecular formula is C17H22BrN3OS. The third-order valence-electron chi connectivity index (χ3n) is 3.25. The average molecular weight is 396 g/mol. The van der Waals surface area contributed by atoms with E-state index in [-0.39, 0.29) is 0 Å². The molecule has 124 valence electrons. The van der Waals surface area contributed by atoms with Crippen molar-refractivity contribution in [3.8, 4) is 0 Å². The Bertz CT molecular complexity index is 615. The van der Waals surface area contributed by atoms with E-state index in [0.717, 1.165) is 22.5 Å². The molecular weight excluding hydrogens is 374 g/mol. The first-order valence-corrected chi connectivity index (χ1v) is 9.34. The van der Waals surface area contributed by atoms with Crippen LogP contribution in [-0.2, 0) is 6.54 Å². The van der Waals surface area contributed by atoms with Crippen LogP contribution in [0.2, 0.25) is 0 Å². The molecule has 3 N–H and O–H groups in total. The number of thiophene rings is 1. The van der Waals surface area contributed by atoms with Crippen molar-refractivity contribution in [3.05, 3.63) is 56.7 Å². The van der Waals surface area contributed by atoms with Crippen molar-refractivity contribution in [2.75, 3.05) is 13.1 Å². The van der Waals surface area contributed by atoms with Crippen LogP contribution in [0.15, 0.2) is 51.2 Å². The fourth-order valence-electron chi connectivity index (χ4n) is 2.10. The molecule has 0 aliphatic carbocycles. The molecule has 1 unspecified atom stereocenters. The van der Waals surface area contributed by atoms with E-state index in [1.54, 1.807) is 11.3 Å². The number of hydrogen-bond acceptors (Lipinski definition) is 3. The number of rotatable bonds is 7. The summed E-state index contributed by atoms with van der Waals surface area (Å²) in [7, 11) is 0. The lowest BCUT2D eigenvalue weighted by Crippen LogP contribution is -2.38. The summed E-state index contributed by atoms with van der Waals surface area (Å²) in [5.74, 6) is 0.775. The number of nitrogens with zero attached hydrogens (tertiary/aromatic N) is 1. The number of halogens is 1. The maximum atomic E-state index is 10.2. The molecule has 2 rings (SSSR count). The first kappa shape index (κ1) is 18.0. The van der Waals surface area contributed by atoms with E-state index in [0.29, 0.717) is 19.5 Å². The van der Waals surface area contributed by atoms with Crippen LogP contribution in [0.5, 0.6) is 0 Å². The van der Waals surface area contributed by atoms with Crippen molar-refractivity contribution in [2.24, 2.45) is 4.99 Å². The molecule has 0 fully saturated rings. The van der Waals surface area contributed by atoms with Gasteiger partial charge in [-0.3, -0.25) is 0 Å². The topological polar surface area (TPSA) is 56.7 Å². The van der Waals surface area contributed by atoms with Gasteiger partial charge in [-0.15, -0.1) is 11.3 Å². The highest BCUT2D eigenvalue weighted by atomic mass is 79.9. The number of aliphatic hydroxyl groups is 1. The predicted molar refractivity (Wildman–Crippen MR) is 101 cm³/mol. The summed E-state index contributed by atoms with van der Waals surface area (Å²) >= 11 is 5.14. The zero-order valence-corrected chi connectivity index (χ0v) is 15.5. The van der Waals surface area contributed by atoms with Crippen LogP contribution in [0.3, 0.4) is 0 Å². The van der Waals surface area contributed by atoms with E-state index in [1.807, 2.05) is 37.3 Å². The Morgan fingerprint density at radius 2 is 2.09 bits per heavy atom. The summed E-state index contributed by atoms with van der Waals surface area (Å²) in [6.45, 7) is 4.15. The Balaban J connectivity index is 1.82. The predicted octanol–water partition coefficient (Wildman–Crippen LogP) is 3.69. The lowest BCUT2D eigenvalue weighted by molar-refractivity contribution is 0.168. The van der Waals surface area contributed by atoms with E-state index in [2.05, 4.69) is 43.0 Å². The standard InChI is InChI=1S/C17H22BrN3OS/c1-2-19-17(21-11-15-10-14(18)12-23-15)20-9-8-16(22)13-6-4-3-5-7-13/h3-7,10,12,16,22H,2,8-9,11H2,1H3,(H2,19,20,21). The lowest BCUT2D eigenvalue weighted by atomic mass is 10.1. The molecule has 1 heterocycles. The van der Waals surface area contributed by atoms with E-state index in [1.165, 1.54) is 4.88 Å². The maximum Gasteiger partial charge on any atom is 0.191 e. The van der Waals surface area contributed by atoms with Crippen molar-refractivity contribution >= 4 is 33.2 Å². The van der Waals surface area contributed by atoms with Gasteiger partial charge in [0.1, 0.15) is 0 Å². The fourth-order valence-corrected chi connectivity index (χ4v) is 3.48. The Labute approximate surface area is 149 Å². The molecule has 1 atom stereocenters. The summed E-state index contributed by atoms with van der Waals surface area (Å²) < 4.78 is 1.09. The minimum Gasteiger partial charge on any atom is -0.388 e. The molecule has 0 aliphatic rings. The molecule has 0 aliphatic heterocycles. The number of aliphatic hydroxyl groups excluding tert-OH is 1. The summed E-state index contributed by atoms with van der Waals surface area (Å²) in [5.41, 5.74) is 0.944. The number of aliphatic imine (C=N–C) groups is 1. The summed E-state index contributed by atoms with van der Waals surface area (Å²) in [5, 5.41) is 18.7. The normalized spacial score (nSPS) is 12.9. The third-order valence-corrected chi connectivity index (χ3v) is 4.94. The van der Waals surface area contributed by atoms with Crippen molar-refractivity contribution in [2.45, 2.75) is 26.0 Å². The Morgan fingerprint density at radius 3 is 2.74 bits per heavy atom. The van der Waals surface area contributed by atoms with Crippen LogP contribution in [-0.4, -0.2) is 24.2 Å². The van der Waals surface area contributed by atoms with Crippen LogP contribution in [0.25, 0.3) is 0 Å². The zero-order valence-electron chi connectivity index (χ0n) is 13.1. The van der Waals surface area contributed by atoms with Gasteiger partial charge < -0.3 is 15.7 Å². The molecule has 0 amide bonds. The zero-order chi connectivity index (χ0) is 16.5. The van der Waals surface area contributed by atoms with Gasteiger partial charge in [-0.05, 0) is 40.9 Å². The van der Waals surface area contributed by atoms with Crippen molar-refractivity contribution in [1.82, 2.24) is 10.6 Å². The van der Waals surface area contributed by atoms with E-state index >= 15 is 0 Å². The van der Waals surface area contributed by atoms with Gasteiger partial charge in [0, 0.05) is 27.8 Å². The van der Waals surface area contributed by atoms with Crippen molar-refractivity contribution in [1.29, 1.82) is 0 Å². The molecule has 1 aromatic heterocycles. The van der Waals surface area contributed by atoms with Crippen molar-refractivity contribution < 1.29 is 5.11 Å². The minimum absolute atomic E-state index is 0.458. The number of nitrogens with one attached hydrogen (secondary N) is 2. The number of benzene rings is 1. The van der Waals surface area contributed by atoms with Crippen LogP contribution in [0.1, 0.15) is 29.9 Å². The largest absolute Gasteiger partial charge is 0.388 e. The quantitative estimate of drug-likeness (QED) is 0.494. The van der Waals surface area contributed by atoms with Gasteiger partial charge in [-0.1, -0.05) is 30.3 Å². The molecule has 1 aromatic carbocycles. The Kier molecular flexibility index (Phi) is 7.58. The van der Waals surface area contributed by atoms with Gasteiger partial charge in [0.2, 0.25) is 0 Å². The van der Waals surface area contributed by atoms with Gasteiger partial charge in [0.15, 0.2) is 5.96 Å². The van der Waals surface area contributed by atoms with Gasteiger partial charge in [0.25, 0.3) is 0 Å². The van der Waals surface area contributed by atoms with Crippen LogP contribution in [0, 0.1) is 0 Å². The van der Waals surface area contributed by atoms with Crippen molar-refractivity contribution in [3.63, 3.8) is 0 Å². The highest BCUT2D eigenvalue weighted by Crippen LogP contribution is 2.20. The average Bonchev–Trinajstić information content (AvgIpc) is 2.99. The molecule has 4 nitrogen and oxygen atoms in total.